The van der Waals surface area contributed by atoms with Gasteiger partial charge in [0.1, 0.15) is 0 Å². The van der Waals surface area contributed by atoms with E-state index in [0.717, 1.165) is 6.54 Å². The average Bonchev–Trinajstić information content (AvgIpc) is 2.10. The molecule has 0 rings (SSSR count). The number of nitrogens with one attached hydrogen (secondary N) is 1. The van der Waals surface area contributed by atoms with E-state index in [1.165, 1.54) is 0 Å². The van der Waals surface area contributed by atoms with Crippen LogP contribution in [0, 0.1) is 23.7 Å². The van der Waals surface area contributed by atoms with Gasteiger partial charge in [-0.1, -0.05) is 41.5 Å². The van der Waals surface area contributed by atoms with Crippen LogP contribution < -0.4 is 5.32 Å². The van der Waals surface area contributed by atoms with Crippen molar-refractivity contribution in [2.75, 3.05) is 13.1 Å². The van der Waals surface area contributed by atoms with Crippen molar-refractivity contribution in [3.05, 3.63) is 0 Å². The molecule has 0 spiro atoms. The van der Waals surface area contributed by atoms with Crippen molar-refractivity contribution in [2.45, 2.75) is 54.1 Å². The second-order valence-electron chi connectivity index (χ2n) is 6.29. The van der Waals surface area contributed by atoms with Crippen LogP contribution in [0.1, 0.15) is 48.5 Å². The maximum Gasteiger partial charge on any atom is 0.0766 e. The quantitative estimate of drug-likeness (QED) is 0.703. The molecule has 0 aliphatic heterocycles. The summed E-state index contributed by atoms with van der Waals surface area (Å²) in [4.78, 5) is 0. The predicted octanol–water partition coefficient (Wildman–Crippen LogP) is 2.91. The highest BCUT2D eigenvalue weighted by molar-refractivity contribution is 4.80. The summed E-state index contributed by atoms with van der Waals surface area (Å²) in [5, 5.41) is 13.5. The van der Waals surface area contributed by atoms with Crippen molar-refractivity contribution in [1.29, 1.82) is 0 Å². The fourth-order valence-corrected chi connectivity index (χ4v) is 1.94. The lowest BCUT2D eigenvalue weighted by Crippen LogP contribution is -2.44. The van der Waals surface area contributed by atoms with E-state index in [9.17, 15) is 5.11 Å². The van der Waals surface area contributed by atoms with Crippen LogP contribution in [-0.4, -0.2) is 23.8 Å². The summed E-state index contributed by atoms with van der Waals surface area (Å²) in [6.45, 7) is 16.8. The van der Waals surface area contributed by atoms with E-state index in [-0.39, 0.29) is 5.92 Å². The van der Waals surface area contributed by atoms with Crippen molar-refractivity contribution in [2.24, 2.45) is 23.7 Å². The lowest BCUT2D eigenvalue weighted by molar-refractivity contribution is 0.0126. The first-order valence-electron chi connectivity index (χ1n) is 6.61. The number of hydrogen-bond acceptors (Lipinski definition) is 2. The van der Waals surface area contributed by atoms with E-state index >= 15 is 0 Å². The van der Waals surface area contributed by atoms with Gasteiger partial charge in [-0.2, -0.15) is 0 Å². The molecule has 0 aliphatic rings. The first-order valence-corrected chi connectivity index (χ1v) is 6.61. The summed E-state index contributed by atoms with van der Waals surface area (Å²) in [5.41, 5.74) is -0.599. The molecule has 0 radical (unpaired) electrons. The summed E-state index contributed by atoms with van der Waals surface area (Å²) >= 11 is 0. The normalized spacial score (nSPS) is 16.5. The van der Waals surface area contributed by atoms with Gasteiger partial charge in [0, 0.05) is 6.54 Å². The molecule has 0 aromatic carbocycles. The third-order valence-corrected chi connectivity index (χ3v) is 3.82. The summed E-state index contributed by atoms with van der Waals surface area (Å²) in [6.07, 6.45) is 0. The molecule has 16 heavy (non-hydrogen) atoms. The zero-order valence-electron chi connectivity index (χ0n) is 12.2. The zero-order valence-corrected chi connectivity index (χ0v) is 12.2. The molecule has 0 saturated heterocycles. The maximum absolute atomic E-state index is 10.1. The third-order valence-electron chi connectivity index (χ3n) is 3.82. The van der Waals surface area contributed by atoms with Crippen molar-refractivity contribution < 1.29 is 5.11 Å². The molecule has 1 unspecified atom stereocenters. The van der Waals surface area contributed by atoms with Crippen LogP contribution in [0.25, 0.3) is 0 Å². The Hall–Kier alpha value is -0.0800. The molecular formula is C14H31NO. The highest BCUT2D eigenvalue weighted by atomic mass is 16.3. The molecule has 2 nitrogen and oxygen atoms in total. The molecule has 2 heteroatoms. The summed E-state index contributed by atoms with van der Waals surface area (Å²) in [7, 11) is 0. The molecule has 0 fully saturated rings. The van der Waals surface area contributed by atoms with Gasteiger partial charge in [0.25, 0.3) is 0 Å². The molecule has 0 aliphatic carbocycles. The Morgan fingerprint density at radius 2 is 1.44 bits per heavy atom. The SMILES string of the molecule is CC(C)C(CNCC(C)(O)C(C)C)C(C)C. The second-order valence-corrected chi connectivity index (χ2v) is 6.29. The van der Waals surface area contributed by atoms with E-state index in [4.69, 9.17) is 0 Å². The molecule has 98 valence electrons. The molecule has 0 amide bonds. The van der Waals surface area contributed by atoms with Gasteiger partial charge in [-0.3, -0.25) is 0 Å². The van der Waals surface area contributed by atoms with Gasteiger partial charge in [-0.05, 0) is 37.1 Å². The van der Waals surface area contributed by atoms with Crippen LogP contribution in [-0.2, 0) is 0 Å². The first-order chi connectivity index (χ1) is 7.18. The standard InChI is InChI=1S/C14H31NO/c1-10(2)13(11(3)4)8-15-9-14(7,16)12(5)6/h10-13,15-16H,8-9H2,1-7H3. The van der Waals surface area contributed by atoms with Crippen LogP contribution in [0.2, 0.25) is 0 Å². The smallest absolute Gasteiger partial charge is 0.0766 e. The van der Waals surface area contributed by atoms with Gasteiger partial charge in [0.2, 0.25) is 0 Å². The van der Waals surface area contributed by atoms with Crippen molar-refractivity contribution >= 4 is 0 Å². The van der Waals surface area contributed by atoms with E-state index in [2.05, 4.69) is 46.9 Å². The number of aliphatic hydroxyl groups is 1. The molecule has 2 N–H and O–H groups in total. The largest absolute Gasteiger partial charge is 0.389 e. The van der Waals surface area contributed by atoms with Gasteiger partial charge in [-0.15, -0.1) is 0 Å². The Labute approximate surface area is 102 Å². The van der Waals surface area contributed by atoms with Gasteiger partial charge in [0.15, 0.2) is 0 Å². The predicted molar refractivity (Wildman–Crippen MR) is 71.5 cm³/mol. The minimum absolute atomic E-state index is 0.288. The Kier molecular flexibility index (Phi) is 6.57. The highest BCUT2D eigenvalue weighted by Crippen LogP contribution is 2.20. The molecule has 0 heterocycles. The fraction of sp³-hybridized carbons (Fsp3) is 1.00. The number of hydrogen-bond donors (Lipinski definition) is 2. The van der Waals surface area contributed by atoms with Gasteiger partial charge in [-0.25, -0.2) is 0 Å². The van der Waals surface area contributed by atoms with Crippen molar-refractivity contribution in [3.63, 3.8) is 0 Å². The molecular weight excluding hydrogens is 198 g/mol. The monoisotopic (exact) mass is 229 g/mol. The van der Waals surface area contributed by atoms with Crippen LogP contribution in [0.5, 0.6) is 0 Å². The third kappa shape index (κ3) is 5.31. The molecule has 0 aromatic rings. The van der Waals surface area contributed by atoms with Gasteiger partial charge in [0.05, 0.1) is 5.60 Å². The minimum atomic E-state index is -0.599. The lowest BCUT2D eigenvalue weighted by atomic mass is 9.85. The Bertz CT molecular complexity index is 177. The van der Waals surface area contributed by atoms with Gasteiger partial charge < -0.3 is 10.4 Å². The van der Waals surface area contributed by atoms with E-state index in [1.807, 2.05) is 6.92 Å². The van der Waals surface area contributed by atoms with Gasteiger partial charge >= 0.3 is 0 Å². The molecule has 0 bridgehead atoms. The van der Waals surface area contributed by atoms with Crippen LogP contribution in [0.4, 0.5) is 0 Å². The van der Waals surface area contributed by atoms with E-state index < -0.39 is 5.60 Å². The first kappa shape index (κ1) is 15.9. The average molecular weight is 229 g/mol. The molecule has 0 saturated carbocycles. The second kappa shape index (κ2) is 6.61. The Balaban J connectivity index is 4.05. The van der Waals surface area contributed by atoms with Crippen molar-refractivity contribution in [1.82, 2.24) is 5.32 Å². The Morgan fingerprint density at radius 3 is 1.75 bits per heavy atom. The lowest BCUT2D eigenvalue weighted by Gasteiger charge is -2.31. The summed E-state index contributed by atoms with van der Waals surface area (Å²) in [5.74, 6) is 2.35. The summed E-state index contributed by atoms with van der Waals surface area (Å²) in [6, 6.07) is 0. The highest BCUT2D eigenvalue weighted by Gasteiger charge is 2.25. The summed E-state index contributed by atoms with van der Waals surface area (Å²) < 4.78 is 0. The van der Waals surface area contributed by atoms with E-state index in [0.29, 0.717) is 24.3 Å². The van der Waals surface area contributed by atoms with Crippen LogP contribution >= 0.6 is 0 Å². The zero-order chi connectivity index (χ0) is 12.9. The topological polar surface area (TPSA) is 32.3 Å². The molecule has 0 aromatic heterocycles. The minimum Gasteiger partial charge on any atom is -0.389 e. The van der Waals surface area contributed by atoms with Crippen molar-refractivity contribution in [3.8, 4) is 0 Å². The maximum atomic E-state index is 10.1. The van der Waals surface area contributed by atoms with Crippen LogP contribution in [0.15, 0.2) is 0 Å². The van der Waals surface area contributed by atoms with Crippen LogP contribution in [0.3, 0.4) is 0 Å². The fourth-order valence-electron chi connectivity index (χ4n) is 1.94. The Morgan fingerprint density at radius 1 is 1.00 bits per heavy atom. The molecule has 1 atom stereocenters. The van der Waals surface area contributed by atoms with E-state index in [1.54, 1.807) is 0 Å². The number of rotatable bonds is 7.